The van der Waals surface area contributed by atoms with Crippen LogP contribution in [0.3, 0.4) is 0 Å². The van der Waals surface area contributed by atoms with Gasteiger partial charge in [-0.25, -0.2) is 4.39 Å². The van der Waals surface area contributed by atoms with Crippen LogP contribution in [-0.2, 0) is 6.42 Å². The maximum atomic E-state index is 13.4. The van der Waals surface area contributed by atoms with Gasteiger partial charge in [0.1, 0.15) is 5.82 Å². The zero-order chi connectivity index (χ0) is 14.7. The summed E-state index contributed by atoms with van der Waals surface area (Å²) in [6.45, 7) is 1.98. The first-order valence-corrected chi connectivity index (χ1v) is 7.64. The van der Waals surface area contributed by atoms with Crippen LogP contribution in [0.4, 0.5) is 10.1 Å². The first-order valence-electron chi connectivity index (χ1n) is 6.06. The minimum atomic E-state index is -0.408. The molecule has 0 aliphatic rings. The van der Waals surface area contributed by atoms with Crippen molar-refractivity contribution < 1.29 is 9.18 Å². The SMILES string of the molecule is CCc1cc(Br)ccc1C(=O)Nc1ccc(Br)c(F)c1. The summed E-state index contributed by atoms with van der Waals surface area (Å²) in [5.74, 6) is -0.648. The summed E-state index contributed by atoms with van der Waals surface area (Å²) < 4.78 is 14.7. The lowest BCUT2D eigenvalue weighted by atomic mass is 10.0. The quantitative estimate of drug-likeness (QED) is 0.756. The van der Waals surface area contributed by atoms with Gasteiger partial charge in [0.15, 0.2) is 0 Å². The lowest BCUT2D eigenvalue weighted by molar-refractivity contribution is 0.102. The van der Waals surface area contributed by atoms with Crippen molar-refractivity contribution in [3.8, 4) is 0 Å². The van der Waals surface area contributed by atoms with Gasteiger partial charge in [-0.1, -0.05) is 22.9 Å². The van der Waals surface area contributed by atoms with E-state index in [-0.39, 0.29) is 5.91 Å². The molecule has 0 heterocycles. The molecular formula is C15H12Br2FNO. The molecule has 2 aromatic rings. The van der Waals surface area contributed by atoms with Crippen LogP contribution in [0.15, 0.2) is 45.3 Å². The van der Waals surface area contributed by atoms with Gasteiger partial charge in [0.25, 0.3) is 5.91 Å². The lowest BCUT2D eigenvalue weighted by Gasteiger charge is -2.10. The number of benzene rings is 2. The number of anilines is 1. The second kappa shape index (κ2) is 6.50. The number of carbonyl (C=O) groups excluding carboxylic acids is 1. The highest BCUT2D eigenvalue weighted by atomic mass is 79.9. The van der Waals surface area contributed by atoms with Crippen LogP contribution in [0, 0.1) is 5.82 Å². The summed E-state index contributed by atoms with van der Waals surface area (Å²) in [6.07, 6.45) is 0.747. The van der Waals surface area contributed by atoms with Crippen LogP contribution in [0.2, 0.25) is 0 Å². The third kappa shape index (κ3) is 3.46. The molecule has 0 bridgehead atoms. The molecule has 0 spiro atoms. The van der Waals surface area contributed by atoms with Crippen LogP contribution < -0.4 is 5.32 Å². The summed E-state index contributed by atoms with van der Waals surface area (Å²) >= 11 is 6.46. The molecule has 0 unspecified atom stereocenters. The zero-order valence-corrected chi connectivity index (χ0v) is 13.9. The number of nitrogens with one attached hydrogen (secondary N) is 1. The Balaban J connectivity index is 2.25. The van der Waals surface area contributed by atoms with E-state index in [0.29, 0.717) is 15.7 Å². The van der Waals surface area contributed by atoms with Crippen molar-refractivity contribution in [2.75, 3.05) is 5.32 Å². The van der Waals surface area contributed by atoms with Gasteiger partial charge in [-0.15, -0.1) is 0 Å². The smallest absolute Gasteiger partial charge is 0.255 e. The van der Waals surface area contributed by atoms with E-state index in [1.165, 1.54) is 6.07 Å². The van der Waals surface area contributed by atoms with E-state index in [1.54, 1.807) is 18.2 Å². The number of halogens is 3. The van der Waals surface area contributed by atoms with Crippen molar-refractivity contribution in [3.05, 3.63) is 62.3 Å². The van der Waals surface area contributed by atoms with E-state index in [4.69, 9.17) is 0 Å². The lowest BCUT2D eigenvalue weighted by Crippen LogP contribution is -2.14. The van der Waals surface area contributed by atoms with Gasteiger partial charge in [-0.3, -0.25) is 4.79 Å². The molecule has 20 heavy (non-hydrogen) atoms. The van der Waals surface area contributed by atoms with Crippen molar-refractivity contribution in [3.63, 3.8) is 0 Å². The normalized spacial score (nSPS) is 10.4. The van der Waals surface area contributed by atoms with Crippen molar-refractivity contribution in [2.45, 2.75) is 13.3 Å². The molecule has 0 saturated carbocycles. The maximum Gasteiger partial charge on any atom is 0.255 e. The number of rotatable bonds is 3. The van der Waals surface area contributed by atoms with Crippen LogP contribution in [0.1, 0.15) is 22.8 Å². The molecule has 2 aromatic carbocycles. The number of carbonyl (C=O) groups is 1. The van der Waals surface area contributed by atoms with Crippen LogP contribution in [0.25, 0.3) is 0 Å². The molecule has 0 saturated heterocycles. The predicted molar refractivity (Wildman–Crippen MR) is 85.6 cm³/mol. The molecule has 2 nitrogen and oxygen atoms in total. The standard InChI is InChI=1S/C15H12Br2FNO/c1-2-9-7-10(16)3-5-12(9)15(20)19-11-4-6-13(17)14(18)8-11/h3-8H,2H2,1H3,(H,19,20). The van der Waals surface area contributed by atoms with E-state index in [2.05, 4.69) is 37.2 Å². The summed E-state index contributed by atoms with van der Waals surface area (Å²) in [4.78, 5) is 12.2. The van der Waals surface area contributed by atoms with Gasteiger partial charge < -0.3 is 5.32 Å². The predicted octanol–water partition coefficient (Wildman–Crippen LogP) is 5.17. The second-order valence-corrected chi connectivity index (χ2v) is 6.01. The number of hydrogen-bond donors (Lipinski definition) is 1. The molecule has 104 valence electrons. The Morgan fingerprint density at radius 2 is 1.95 bits per heavy atom. The molecule has 5 heteroatoms. The van der Waals surface area contributed by atoms with E-state index in [9.17, 15) is 9.18 Å². The first kappa shape index (κ1) is 15.2. The number of aryl methyl sites for hydroxylation is 1. The number of hydrogen-bond acceptors (Lipinski definition) is 1. The van der Waals surface area contributed by atoms with E-state index in [1.807, 2.05) is 19.1 Å². The third-order valence-corrected chi connectivity index (χ3v) is 4.01. The Morgan fingerprint density at radius 3 is 2.60 bits per heavy atom. The van der Waals surface area contributed by atoms with Gasteiger partial charge in [-0.05, 0) is 64.3 Å². The summed E-state index contributed by atoms with van der Waals surface area (Å²) in [6, 6.07) is 9.98. The molecule has 1 N–H and O–H groups in total. The fourth-order valence-corrected chi connectivity index (χ4v) is 2.50. The van der Waals surface area contributed by atoms with Crippen molar-refractivity contribution >= 4 is 43.5 Å². The highest BCUT2D eigenvalue weighted by Gasteiger charge is 2.12. The largest absolute Gasteiger partial charge is 0.322 e. The van der Waals surface area contributed by atoms with Crippen molar-refractivity contribution in [1.29, 1.82) is 0 Å². The van der Waals surface area contributed by atoms with E-state index < -0.39 is 5.82 Å². The Labute approximate surface area is 133 Å². The Bertz CT molecular complexity index is 658. The number of amides is 1. The Kier molecular flexibility index (Phi) is 4.94. The highest BCUT2D eigenvalue weighted by Crippen LogP contribution is 2.22. The molecular weight excluding hydrogens is 389 g/mol. The summed E-state index contributed by atoms with van der Waals surface area (Å²) in [5.41, 5.74) is 1.97. The molecule has 0 aliphatic carbocycles. The van der Waals surface area contributed by atoms with Gasteiger partial charge in [0.2, 0.25) is 0 Å². The zero-order valence-electron chi connectivity index (χ0n) is 10.7. The topological polar surface area (TPSA) is 29.1 Å². The second-order valence-electron chi connectivity index (χ2n) is 4.24. The monoisotopic (exact) mass is 399 g/mol. The Morgan fingerprint density at radius 1 is 1.20 bits per heavy atom. The summed E-state index contributed by atoms with van der Waals surface area (Å²) in [5, 5.41) is 2.71. The van der Waals surface area contributed by atoms with Gasteiger partial charge in [0.05, 0.1) is 4.47 Å². The third-order valence-electron chi connectivity index (χ3n) is 2.87. The average Bonchev–Trinajstić information content (AvgIpc) is 2.42. The Hall–Kier alpha value is -1.20. The van der Waals surface area contributed by atoms with Crippen LogP contribution in [0.5, 0.6) is 0 Å². The minimum Gasteiger partial charge on any atom is -0.322 e. The minimum absolute atomic E-state index is 0.240. The van der Waals surface area contributed by atoms with Crippen LogP contribution >= 0.6 is 31.9 Å². The molecule has 0 atom stereocenters. The average molecular weight is 401 g/mol. The maximum absolute atomic E-state index is 13.4. The van der Waals surface area contributed by atoms with E-state index in [0.717, 1.165) is 16.5 Å². The molecule has 0 aromatic heterocycles. The fraction of sp³-hybridized carbons (Fsp3) is 0.133. The first-order chi connectivity index (χ1) is 9.51. The van der Waals surface area contributed by atoms with Gasteiger partial charge >= 0.3 is 0 Å². The molecule has 0 aliphatic heterocycles. The fourth-order valence-electron chi connectivity index (χ4n) is 1.85. The molecule has 0 fully saturated rings. The highest BCUT2D eigenvalue weighted by molar-refractivity contribution is 9.10. The van der Waals surface area contributed by atoms with Gasteiger partial charge in [-0.2, -0.15) is 0 Å². The summed E-state index contributed by atoms with van der Waals surface area (Å²) in [7, 11) is 0. The van der Waals surface area contributed by atoms with Crippen molar-refractivity contribution in [1.82, 2.24) is 0 Å². The molecule has 2 rings (SSSR count). The van der Waals surface area contributed by atoms with E-state index >= 15 is 0 Å². The molecule has 1 amide bonds. The van der Waals surface area contributed by atoms with Crippen molar-refractivity contribution in [2.24, 2.45) is 0 Å². The van der Waals surface area contributed by atoms with Gasteiger partial charge in [0, 0.05) is 15.7 Å². The molecule has 0 radical (unpaired) electrons. The van der Waals surface area contributed by atoms with Crippen LogP contribution in [-0.4, -0.2) is 5.91 Å².